The fourth-order valence-corrected chi connectivity index (χ4v) is 3.67. The van der Waals surface area contributed by atoms with Crippen LogP contribution in [0.3, 0.4) is 0 Å². The van der Waals surface area contributed by atoms with Crippen LogP contribution in [0.15, 0.2) is 29.3 Å². The molecule has 0 saturated heterocycles. The first-order valence-electron chi connectivity index (χ1n) is 11.7. The summed E-state index contributed by atoms with van der Waals surface area (Å²) >= 11 is 1.46. The molecule has 14 heteroatoms. The van der Waals surface area contributed by atoms with Crippen molar-refractivity contribution in [2.24, 2.45) is 22.2 Å². The molecule has 1 aromatic carbocycles. The van der Waals surface area contributed by atoms with Crippen molar-refractivity contribution in [2.75, 3.05) is 18.6 Å². The number of carbonyl (C=O) groups excluding carboxylic acids is 3. The Morgan fingerprint density at radius 3 is 2.16 bits per heavy atom. The van der Waals surface area contributed by atoms with Crippen LogP contribution in [0, 0.1) is 0 Å². The molecule has 1 rings (SSSR count). The molecule has 0 aliphatic carbocycles. The van der Waals surface area contributed by atoms with E-state index in [0.29, 0.717) is 12.2 Å². The van der Waals surface area contributed by atoms with Crippen LogP contribution in [0.25, 0.3) is 0 Å². The fraction of sp³-hybridized carbons (Fsp3) is 0.522. The Morgan fingerprint density at radius 2 is 1.59 bits per heavy atom. The number of aromatic hydroxyl groups is 1. The Labute approximate surface area is 220 Å². The van der Waals surface area contributed by atoms with Gasteiger partial charge in [0.1, 0.15) is 23.9 Å². The zero-order valence-electron chi connectivity index (χ0n) is 21.0. The van der Waals surface area contributed by atoms with E-state index in [2.05, 4.69) is 20.9 Å². The zero-order valence-corrected chi connectivity index (χ0v) is 21.8. The Balaban J connectivity index is 2.72. The summed E-state index contributed by atoms with van der Waals surface area (Å²) in [6.45, 7) is 1.66. The second kappa shape index (κ2) is 16.3. The van der Waals surface area contributed by atoms with Gasteiger partial charge >= 0.3 is 5.97 Å². The molecule has 1 aromatic rings. The predicted molar refractivity (Wildman–Crippen MR) is 142 cm³/mol. The molecule has 0 radical (unpaired) electrons. The second-order valence-electron chi connectivity index (χ2n) is 8.40. The van der Waals surface area contributed by atoms with Crippen molar-refractivity contribution >= 4 is 41.4 Å². The van der Waals surface area contributed by atoms with E-state index >= 15 is 0 Å². The molecule has 0 bridgehead atoms. The third-order valence-electron chi connectivity index (χ3n) is 5.28. The lowest BCUT2D eigenvalue weighted by Crippen LogP contribution is -2.56. The number of hydrogen-bond acceptors (Lipinski definition) is 8. The van der Waals surface area contributed by atoms with Crippen LogP contribution in [0.5, 0.6) is 5.75 Å². The molecule has 0 aromatic heterocycles. The molecule has 13 nitrogen and oxygen atoms in total. The van der Waals surface area contributed by atoms with Gasteiger partial charge in [-0.1, -0.05) is 12.1 Å². The molecule has 3 amide bonds. The minimum absolute atomic E-state index is 0.0897. The highest BCUT2D eigenvalue weighted by molar-refractivity contribution is 7.98. The van der Waals surface area contributed by atoms with Gasteiger partial charge in [0.25, 0.3) is 0 Å². The molecule has 0 heterocycles. The molecule has 0 fully saturated rings. The molecule has 4 atom stereocenters. The first-order valence-corrected chi connectivity index (χ1v) is 13.1. The van der Waals surface area contributed by atoms with Crippen molar-refractivity contribution in [1.82, 2.24) is 16.0 Å². The van der Waals surface area contributed by atoms with Crippen LogP contribution in [-0.2, 0) is 25.6 Å². The van der Waals surface area contributed by atoms with E-state index in [0.717, 1.165) is 5.56 Å². The maximum absolute atomic E-state index is 12.8. The number of phenolic OH excluding ortho intramolecular Hbond substituents is 1. The number of aliphatic carboxylic acids is 1. The standard InChI is InChI=1S/C23H37N7O6S/c1-13(28-20(33)16(24)12-14-5-7-15(31)8-6-14)19(32)29-17(9-11-37-2)21(34)30-18(22(35)36)4-3-10-27-23(25)26/h5-8,13,16-18,31H,3-4,9-12,24H2,1-2H3,(H,28,33)(H,29,32)(H,30,34)(H,35,36)(H4,25,26,27). The number of carboxylic acids is 1. The summed E-state index contributed by atoms with van der Waals surface area (Å²) in [4.78, 5) is 53.4. The number of phenols is 1. The monoisotopic (exact) mass is 539 g/mol. The van der Waals surface area contributed by atoms with E-state index in [9.17, 15) is 29.4 Å². The molecular formula is C23H37N7O6S. The lowest BCUT2D eigenvalue weighted by atomic mass is 10.1. The van der Waals surface area contributed by atoms with Gasteiger partial charge in [-0.2, -0.15) is 11.8 Å². The molecule has 4 unspecified atom stereocenters. The molecule has 37 heavy (non-hydrogen) atoms. The van der Waals surface area contributed by atoms with E-state index in [1.807, 2.05) is 6.26 Å². The minimum Gasteiger partial charge on any atom is -0.508 e. The van der Waals surface area contributed by atoms with Crippen molar-refractivity contribution in [1.29, 1.82) is 0 Å². The van der Waals surface area contributed by atoms with Crippen molar-refractivity contribution in [3.8, 4) is 5.75 Å². The number of rotatable bonds is 16. The number of thioether (sulfide) groups is 1. The number of guanidine groups is 1. The topological polar surface area (TPSA) is 235 Å². The molecule has 0 aliphatic heterocycles. The molecule has 0 spiro atoms. The highest BCUT2D eigenvalue weighted by Crippen LogP contribution is 2.11. The average molecular weight is 540 g/mol. The van der Waals surface area contributed by atoms with Crippen LogP contribution in [0.1, 0.15) is 31.7 Å². The third-order valence-corrected chi connectivity index (χ3v) is 5.93. The van der Waals surface area contributed by atoms with E-state index in [4.69, 9.17) is 17.2 Å². The van der Waals surface area contributed by atoms with Gasteiger partial charge < -0.3 is 43.4 Å². The lowest BCUT2D eigenvalue weighted by molar-refractivity contribution is -0.142. The summed E-state index contributed by atoms with van der Waals surface area (Å²) in [5, 5.41) is 26.4. The van der Waals surface area contributed by atoms with Gasteiger partial charge in [-0.15, -0.1) is 0 Å². The third kappa shape index (κ3) is 12.3. The summed E-state index contributed by atoms with van der Waals surface area (Å²) in [5.74, 6) is -2.56. The van der Waals surface area contributed by atoms with Crippen molar-refractivity contribution in [2.45, 2.75) is 56.8 Å². The maximum Gasteiger partial charge on any atom is 0.326 e. The number of nitrogens with zero attached hydrogens (tertiary/aromatic N) is 1. The molecule has 0 aliphatic rings. The van der Waals surface area contributed by atoms with E-state index in [1.54, 1.807) is 12.1 Å². The van der Waals surface area contributed by atoms with Crippen LogP contribution < -0.4 is 33.2 Å². The molecule has 0 saturated carbocycles. The van der Waals surface area contributed by atoms with E-state index < -0.39 is 47.9 Å². The lowest BCUT2D eigenvalue weighted by Gasteiger charge is -2.23. The predicted octanol–water partition coefficient (Wildman–Crippen LogP) is -1.37. The zero-order chi connectivity index (χ0) is 28.0. The number of carboxylic acid groups (broad SMARTS) is 1. The number of nitrogens with two attached hydrogens (primary N) is 3. The fourth-order valence-electron chi connectivity index (χ4n) is 3.20. The number of benzene rings is 1. The van der Waals surface area contributed by atoms with Gasteiger partial charge in [0, 0.05) is 6.54 Å². The summed E-state index contributed by atoms with van der Waals surface area (Å²) in [7, 11) is 0. The number of carbonyl (C=O) groups is 4. The quantitative estimate of drug-likeness (QED) is 0.0696. The van der Waals surface area contributed by atoms with Gasteiger partial charge in [0.05, 0.1) is 6.04 Å². The van der Waals surface area contributed by atoms with Crippen molar-refractivity contribution in [3.63, 3.8) is 0 Å². The van der Waals surface area contributed by atoms with Crippen molar-refractivity contribution < 1.29 is 29.4 Å². The summed E-state index contributed by atoms with van der Waals surface area (Å²) in [5.41, 5.74) is 17.2. The Hall–Kier alpha value is -3.52. The summed E-state index contributed by atoms with van der Waals surface area (Å²) in [6.07, 6.45) is 2.69. The van der Waals surface area contributed by atoms with Gasteiger partial charge in [-0.05, 0) is 62.3 Å². The Bertz CT molecular complexity index is 940. The maximum atomic E-state index is 12.8. The van der Waals surface area contributed by atoms with Crippen LogP contribution in [0.2, 0.25) is 0 Å². The highest BCUT2D eigenvalue weighted by atomic mass is 32.2. The van der Waals surface area contributed by atoms with Crippen LogP contribution in [0.4, 0.5) is 0 Å². The Kier molecular flexibility index (Phi) is 13.9. The Morgan fingerprint density at radius 1 is 0.973 bits per heavy atom. The number of nitrogens with one attached hydrogen (secondary N) is 3. The smallest absolute Gasteiger partial charge is 0.326 e. The van der Waals surface area contributed by atoms with Crippen LogP contribution >= 0.6 is 11.8 Å². The van der Waals surface area contributed by atoms with Crippen LogP contribution in [-0.4, -0.2) is 82.6 Å². The largest absolute Gasteiger partial charge is 0.508 e. The highest BCUT2D eigenvalue weighted by Gasteiger charge is 2.28. The molecular weight excluding hydrogens is 502 g/mol. The first-order chi connectivity index (χ1) is 17.4. The number of amides is 3. The number of aliphatic imine (C=N–C) groups is 1. The van der Waals surface area contributed by atoms with E-state index in [-0.39, 0.29) is 37.5 Å². The average Bonchev–Trinajstić information content (AvgIpc) is 2.84. The summed E-state index contributed by atoms with van der Waals surface area (Å²) in [6, 6.07) is 2.10. The summed E-state index contributed by atoms with van der Waals surface area (Å²) < 4.78 is 0. The van der Waals surface area contributed by atoms with E-state index in [1.165, 1.54) is 30.8 Å². The molecule has 11 N–H and O–H groups in total. The normalized spacial score (nSPS) is 13.9. The van der Waals surface area contributed by atoms with Crippen molar-refractivity contribution in [3.05, 3.63) is 29.8 Å². The van der Waals surface area contributed by atoms with Gasteiger partial charge in [-0.25, -0.2) is 4.79 Å². The second-order valence-corrected chi connectivity index (χ2v) is 9.38. The minimum atomic E-state index is -1.23. The SMILES string of the molecule is CSCCC(NC(=O)C(C)NC(=O)C(N)Cc1ccc(O)cc1)C(=O)NC(CCCN=C(N)N)C(=O)O. The number of hydrogen-bond donors (Lipinski definition) is 8. The van der Waals surface area contributed by atoms with Gasteiger partial charge in [0.15, 0.2) is 5.96 Å². The molecule has 206 valence electrons. The van der Waals surface area contributed by atoms with Gasteiger partial charge in [0.2, 0.25) is 17.7 Å². The van der Waals surface area contributed by atoms with Gasteiger partial charge in [-0.3, -0.25) is 19.4 Å². The first kappa shape index (κ1) is 31.5.